The highest BCUT2D eigenvalue weighted by Gasteiger charge is 2.04. The quantitative estimate of drug-likeness (QED) is 0.607. The fourth-order valence-electron chi connectivity index (χ4n) is 1.17. The predicted octanol–water partition coefficient (Wildman–Crippen LogP) is 1.92. The van der Waals surface area contributed by atoms with Gasteiger partial charge in [-0.05, 0) is 18.2 Å². The van der Waals surface area contributed by atoms with Crippen molar-refractivity contribution in [2.24, 2.45) is 0 Å². The molecule has 0 aliphatic heterocycles. The topological polar surface area (TPSA) is 68.9 Å². The predicted molar refractivity (Wildman–Crippen MR) is 50.4 cm³/mol. The summed E-state index contributed by atoms with van der Waals surface area (Å²) >= 11 is 4.95. The van der Waals surface area contributed by atoms with Gasteiger partial charge < -0.3 is 5.11 Å². The minimum Gasteiger partial charge on any atom is -0.478 e. The summed E-state index contributed by atoms with van der Waals surface area (Å²) in [5, 5.41) is 15.0. The molecule has 0 atom stereocenters. The van der Waals surface area contributed by atoms with E-state index in [9.17, 15) is 4.79 Å². The SMILES string of the molecule is O=C(O)c1ccc2[nH][nH]c(=S)c2c1. The second-order valence-electron chi connectivity index (χ2n) is 2.64. The first-order chi connectivity index (χ1) is 6.18. The van der Waals surface area contributed by atoms with Crippen molar-refractivity contribution >= 4 is 29.1 Å². The molecule has 0 bridgehead atoms. The van der Waals surface area contributed by atoms with Crippen LogP contribution in [0.3, 0.4) is 0 Å². The Bertz CT molecular complexity index is 526. The Kier molecular flexibility index (Phi) is 1.66. The Morgan fingerprint density at radius 3 is 2.85 bits per heavy atom. The van der Waals surface area contributed by atoms with Gasteiger partial charge in [-0.3, -0.25) is 10.2 Å². The molecule has 2 aromatic rings. The van der Waals surface area contributed by atoms with Crippen LogP contribution < -0.4 is 0 Å². The molecule has 66 valence electrons. The molecule has 1 aromatic heterocycles. The molecular weight excluding hydrogens is 188 g/mol. The van der Waals surface area contributed by atoms with Gasteiger partial charge in [0.05, 0.1) is 11.1 Å². The van der Waals surface area contributed by atoms with Crippen molar-refractivity contribution in [2.75, 3.05) is 0 Å². The first-order valence-electron chi connectivity index (χ1n) is 3.62. The van der Waals surface area contributed by atoms with Crippen LogP contribution in [0.5, 0.6) is 0 Å². The van der Waals surface area contributed by atoms with E-state index in [1.54, 1.807) is 12.1 Å². The zero-order valence-corrected chi connectivity index (χ0v) is 7.31. The van der Waals surface area contributed by atoms with Gasteiger partial charge in [-0.1, -0.05) is 12.2 Å². The highest BCUT2D eigenvalue weighted by Crippen LogP contribution is 2.14. The van der Waals surface area contributed by atoms with Gasteiger partial charge in [0.2, 0.25) is 0 Å². The van der Waals surface area contributed by atoms with E-state index in [1.165, 1.54) is 6.07 Å². The molecule has 1 aromatic carbocycles. The molecule has 0 amide bonds. The first-order valence-corrected chi connectivity index (χ1v) is 4.03. The number of fused-ring (bicyclic) bond motifs is 1. The molecule has 0 radical (unpaired) electrons. The van der Waals surface area contributed by atoms with Crippen LogP contribution in [0.1, 0.15) is 10.4 Å². The van der Waals surface area contributed by atoms with E-state index < -0.39 is 5.97 Å². The summed E-state index contributed by atoms with van der Waals surface area (Å²) in [6.45, 7) is 0. The van der Waals surface area contributed by atoms with E-state index in [0.717, 1.165) is 10.9 Å². The van der Waals surface area contributed by atoms with Crippen LogP contribution in [0.2, 0.25) is 0 Å². The number of carboxylic acid groups (broad SMARTS) is 1. The number of H-pyrrole nitrogens is 2. The molecule has 0 saturated heterocycles. The summed E-state index contributed by atoms with van der Waals surface area (Å²) in [6.07, 6.45) is 0. The van der Waals surface area contributed by atoms with Crippen LogP contribution in [0.4, 0.5) is 0 Å². The lowest BCUT2D eigenvalue weighted by atomic mass is 10.2. The maximum Gasteiger partial charge on any atom is 0.335 e. The van der Waals surface area contributed by atoms with Crippen molar-refractivity contribution in [3.05, 3.63) is 28.4 Å². The Balaban J connectivity index is 2.80. The van der Waals surface area contributed by atoms with Crippen molar-refractivity contribution in [2.45, 2.75) is 0 Å². The number of nitrogens with one attached hydrogen (secondary N) is 2. The van der Waals surface area contributed by atoms with E-state index in [2.05, 4.69) is 10.2 Å². The van der Waals surface area contributed by atoms with Crippen LogP contribution in [0.15, 0.2) is 18.2 Å². The summed E-state index contributed by atoms with van der Waals surface area (Å²) in [4.78, 5) is 10.6. The normalized spacial score (nSPS) is 10.5. The van der Waals surface area contributed by atoms with Crippen molar-refractivity contribution in [1.82, 2.24) is 10.2 Å². The third kappa shape index (κ3) is 1.23. The number of aromatic carboxylic acids is 1. The average Bonchev–Trinajstić information content (AvgIpc) is 2.47. The number of carboxylic acids is 1. The zero-order valence-electron chi connectivity index (χ0n) is 6.50. The largest absolute Gasteiger partial charge is 0.478 e. The molecular formula is C8H6N2O2S. The van der Waals surface area contributed by atoms with Gasteiger partial charge in [0, 0.05) is 5.39 Å². The molecule has 0 unspecified atom stereocenters. The van der Waals surface area contributed by atoms with Gasteiger partial charge in [-0.15, -0.1) is 0 Å². The molecule has 0 aliphatic rings. The Labute approximate surface area is 78.2 Å². The summed E-state index contributed by atoms with van der Waals surface area (Å²) in [6, 6.07) is 4.77. The number of benzene rings is 1. The lowest BCUT2D eigenvalue weighted by Gasteiger charge is -1.92. The number of hydrogen-bond acceptors (Lipinski definition) is 2. The molecule has 5 heteroatoms. The summed E-state index contributed by atoms with van der Waals surface area (Å²) in [5.41, 5.74) is 1.06. The van der Waals surface area contributed by atoms with E-state index in [1.807, 2.05) is 0 Å². The van der Waals surface area contributed by atoms with Crippen LogP contribution in [-0.2, 0) is 0 Å². The number of aromatic amines is 2. The monoisotopic (exact) mass is 194 g/mol. The van der Waals surface area contributed by atoms with Crippen LogP contribution in [-0.4, -0.2) is 21.3 Å². The number of hydrogen-bond donors (Lipinski definition) is 3. The summed E-state index contributed by atoms with van der Waals surface area (Å²) in [5.74, 6) is -0.947. The van der Waals surface area contributed by atoms with Gasteiger partial charge in [0.25, 0.3) is 0 Å². The third-order valence-corrected chi connectivity index (χ3v) is 2.14. The molecule has 1 heterocycles. The minimum absolute atomic E-state index is 0.242. The fraction of sp³-hybridized carbons (Fsp3) is 0. The average molecular weight is 194 g/mol. The Morgan fingerprint density at radius 2 is 2.15 bits per heavy atom. The number of rotatable bonds is 1. The second-order valence-corrected chi connectivity index (χ2v) is 3.05. The van der Waals surface area contributed by atoms with Gasteiger partial charge in [-0.2, -0.15) is 0 Å². The Morgan fingerprint density at radius 1 is 1.38 bits per heavy atom. The number of aromatic nitrogens is 2. The molecule has 4 nitrogen and oxygen atoms in total. The van der Waals surface area contributed by atoms with Crippen LogP contribution >= 0.6 is 12.2 Å². The number of carbonyl (C=O) groups is 1. The van der Waals surface area contributed by atoms with Crippen LogP contribution in [0.25, 0.3) is 10.9 Å². The lowest BCUT2D eigenvalue weighted by molar-refractivity contribution is 0.0697. The Hall–Kier alpha value is -1.62. The molecule has 0 spiro atoms. The third-order valence-electron chi connectivity index (χ3n) is 1.82. The lowest BCUT2D eigenvalue weighted by Crippen LogP contribution is -1.94. The summed E-state index contributed by atoms with van der Waals surface area (Å²) < 4.78 is 0.526. The van der Waals surface area contributed by atoms with E-state index in [-0.39, 0.29) is 5.56 Å². The highest BCUT2D eigenvalue weighted by atomic mass is 32.1. The molecule has 0 aliphatic carbocycles. The van der Waals surface area contributed by atoms with E-state index in [4.69, 9.17) is 17.3 Å². The van der Waals surface area contributed by atoms with Gasteiger partial charge in [0.1, 0.15) is 4.64 Å². The van der Waals surface area contributed by atoms with Crippen molar-refractivity contribution in [1.29, 1.82) is 0 Å². The van der Waals surface area contributed by atoms with Gasteiger partial charge in [-0.25, -0.2) is 4.79 Å². The summed E-state index contributed by atoms with van der Waals surface area (Å²) in [7, 11) is 0. The van der Waals surface area contributed by atoms with Gasteiger partial charge >= 0.3 is 5.97 Å². The second kappa shape index (κ2) is 2.70. The molecule has 0 saturated carbocycles. The molecule has 2 rings (SSSR count). The minimum atomic E-state index is -0.947. The zero-order chi connectivity index (χ0) is 9.42. The van der Waals surface area contributed by atoms with E-state index >= 15 is 0 Å². The maximum atomic E-state index is 10.6. The van der Waals surface area contributed by atoms with Crippen molar-refractivity contribution in [3.8, 4) is 0 Å². The smallest absolute Gasteiger partial charge is 0.335 e. The van der Waals surface area contributed by atoms with Crippen LogP contribution in [0, 0.1) is 4.64 Å². The van der Waals surface area contributed by atoms with Gasteiger partial charge in [0.15, 0.2) is 0 Å². The molecule has 0 fully saturated rings. The first kappa shape index (κ1) is 8.00. The van der Waals surface area contributed by atoms with Crippen molar-refractivity contribution < 1.29 is 9.90 Å². The van der Waals surface area contributed by atoms with E-state index in [0.29, 0.717) is 4.64 Å². The standard InChI is InChI=1S/C8H6N2O2S/c11-8(12)4-1-2-6-5(3-4)7(13)10-9-6/h1-3H,(H,11,12)(H2,9,10,13). The van der Waals surface area contributed by atoms with Crippen molar-refractivity contribution in [3.63, 3.8) is 0 Å². The maximum absolute atomic E-state index is 10.6. The molecule has 13 heavy (non-hydrogen) atoms. The molecule has 3 N–H and O–H groups in total. The highest BCUT2D eigenvalue weighted by molar-refractivity contribution is 7.71. The fourth-order valence-corrected chi connectivity index (χ4v) is 1.39.